The van der Waals surface area contributed by atoms with Crippen molar-refractivity contribution in [3.63, 3.8) is 0 Å². The molecule has 1 aromatic rings. The molecular formula is C16H24N2O3. The summed E-state index contributed by atoms with van der Waals surface area (Å²) in [6, 6.07) is 6.03. The molecule has 0 saturated heterocycles. The van der Waals surface area contributed by atoms with E-state index in [4.69, 9.17) is 9.47 Å². The van der Waals surface area contributed by atoms with E-state index in [-0.39, 0.29) is 24.2 Å². The van der Waals surface area contributed by atoms with Gasteiger partial charge in [0, 0.05) is 19.2 Å². The Balaban J connectivity index is 2.01. The van der Waals surface area contributed by atoms with Crippen LogP contribution in [0, 0.1) is 0 Å². The number of benzene rings is 1. The van der Waals surface area contributed by atoms with Gasteiger partial charge in [0.25, 0.3) is 5.91 Å². The highest BCUT2D eigenvalue weighted by atomic mass is 16.5. The summed E-state index contributed by atoms with van der Waals surface area (Å²) in [7, 11) is 0. The van der Waals surface area contributed by atoms with Crippen molar-refractivity contribution in [3.05, 3.63) is 23.8 Å². The van der Waals surface area contributed by atoms with E-state index in [1.54, 1.807) is 0 Å². The lowest BCUT2D eigenvalue weighted by molar-refractivity contribution is -0.118. The van der Waals surface area contributed by atoms with Crippen LogP contribution in [0.4, 0.5) is 5.69 Å². The van der Waals surface area contributed by atoms with Gasteiger partial charge in [-0.3, -0.25) is 4.79 Å². The van der Waals surface area contributed by atoms with Crippen molar-refractivity contribution in [2.75, 3.05) is 25.1 Å². The van der Waals surface area contributed by atoms with Crippen LogP contribution in [0.5, 0.6) is 5.75 Å². The Morgan fingerprint density at radius 2 is 2.24 bits per heavy atom. The molecule has 0 spiro atoms. The monoisotopic (exact) mass is 292 g/mol. The molecule has 5 heteroatoms. The lowest BCUT2D eigenvalue weighted by atomic mass is 10.0. The molecule has 1 unspecified atom stereocenters. The SMILES string of the molecule is CCOC(C)(C)CNC(C)c1ccc2c(c1)NC(=O)CO2. The van der Waals surface area contributed by atoms with Crippen LogP contribution in [0.2, 0.25) is 0 Å². The second-order valence-electron chi connectivity index (χ2n) is 5.89. The Morgan fingerprint density at radius 3 is 2.95 bits per heavy atom. The molecule has 1 atom stereocenters. The van der Waals surface area contributed by atoms with Crippen LogP contribution >= 0.6 is 0 Å². The van der Waals surface area contributed by atoms with Crippen molar-refractivity contribution in [1.82, 2.24) is 5.32 Å². The zero-order valence-corrected chi connectivity index (χ0v) is 13.2. The maximum absolute atomic E-state index is 11.4. The van der Waals surface area contributed by atoms with Crippen LogP contribution < -0.4 is 15.4 Å². The fourth-order valence-corrected chi connectivity index (χ4v) is 2.33. The molecule has 0 radical (unpaired) electrons. The first-order valence-corrected chi connectivity index (χ1v) is 7.35. The lowest BCUT2D eigenvalue weighted by Gasteiger charge is -2.27. The number of ether oxygens (including phenoxy) is 2. The molecule has 5 nitrogen and oxygen atoms in total. The molecule has 1 aliphatic rings. The number of anilines is 1. The Labute approximate surface area is 126 Å². The molecule has 21 heavy (non-hydrogen) atoms. The second-order valence-corrected chi connectivity index (χ2v) is 5.89. The number of carbonyl (C=O) groups is 1. The predicted molar refractivity (Wildman–Crippen MR) is 82.7 cm³/mol. The molecular weight excluding hydrogens is 268 g/mol. The number of fused-ring (bicyclic) bond motifs is 1. The summed E-state index contributed by atoms with van der Waals surface area (Å²) in [4.78, 5) is 11.4. The topological polar surface area (TPSA) is 59.6 Å². The molecule has 0 fully saturated rings. The molecule has 2 rings (SSSR count). The standard InChI is InChI=1S/C16H24N2O3/c1-5-21-16(3,4)10-17-11(2)12-6-7-14-13(8-12)18-15(19)9-20-14/h6-8,11,17H,5,9-10H2,1-4H3,(H,18,19). The molecule has 0 bridgehead atoms. The molecule has 0 saturated carbocycles. The summed E-state index contributed by atoms with van der Waals surface area (Å²) < 4.78 is 11.0. The summed E-state index contributed by atoms with van der Waals surface area (Å²) >= 11 is 0. The average Bonchev–Trinajstić information content (AvgIpc) is 2.44. The number of rotatable bonds is 6. The second kappa shape index (κ2) is 6.45. The third-order valence-corrected chi connectivity index (χ3v) is 3.51. The minimum absolute atomic E-state index is 0.0860. The van der Waals surface area contributed by atoms with Crippen LogP contribution in [0.3, 0.4) is 0 Å². The third kappa shape index (κ3) is 4.19. The Bertz CT molecular complexity index is 514. The van der Waals surface area contributed by atoms with Crippen LogP contribution in [-0.2, 0) is 9.53 Å². The van der Waals surface area contributed by atoms with Gasteiger partial charge < -0.3 is 20.1 Å². The van der Waals surface area contributed by atoms with E-state index in [1.165, 1.54) is 0 Å². The molecule has 1 heterocycles. The highest BCUT2D eigenvalue weighted by Gasteiger charge is 2.20. The minimum atomic E-state index is -0.200. The maximum atomic E-state index is 11.4. The first-order valence-electron chi connectivity index (χ1n) is 7.35. The summed E-state index contributed by atoms with van der Waals surface area (Å²) in [6.45, 7) is 9.76. The minimum Gasteiger partial charge on any atom is -0.482 e. The Hall–Kier alpha value is -1.59. The fraction of sp³-hybridized carbons (Fsp3) is 0.562. The van der Waals surface area contributed by atoms with E-state index in [1.807, 2.05) is 25.1 Å². The molecule has 0 aliphatic carbocycles. The molecule has 116 valence electrons. The number of amides is 1. The van der Waals surface area contributed by atoms with Crippen LogP contribution in [0.1, 0.15) is 39.3 Å². The summed E-state index contributed by atoms with van der Waals surface area (Å²) in [5, 5.41) is 6.29. The van der Waals surface area contributed by atoms with E-state index in [0.29, 0.717) is 6.61 Å². The molecule has 1 aromatic carbocycles. The number of nitrogens with one attached hydrogen (secondary N) is 2. The quantitative estimate of drug-likeness (QED) is 0.845. The van der Waals surface area contributed by atoms with Gasteiger partial charge in [-0.25, -0.2) is 0 Å². The van der Waals surface area contributed by atoms with Crippen molar-refractivity contribution in [3.8, 4) is 5.75 Å². The van der Waals surface area contributed by atoms with E-state index in [9.17, 15) is 4.79 Å². The van der Waals surface area contributed by atoms with E-state index < -0.39 is 0 Å². The highest BCUT2D eigenvalue weighted by Crippen LogP contribution is 2.30. The van der Waals surface area contributed by atoms with Crippen molar-refractivity contribution in [2.45, 2.75) is 39.3 Å². The van der Waals surface area contributed by atoms with Gasteiger partial charge in [-0.2, -0.15) is 0 Å². The van der Waals surface area contributed by atoms with E-state index in [0.717, 1.165) is 23.5 Å². The largest absolute Gasteiger partial charge is 0.482 e. The summed E-state index contributed by atoms with van der Waals surface area (Å²) in [6.07, 6.45) is 0. The third-order valence-electron chi connectivity index (χ3n) is 3.51. The first-order chi connectivity index (χ1) is 9.91. The van der Waals surface area contributed by atoms with Crippen molar-refractivity contribution >= 4 is 11.6 Å². The maximum Gasteiger partial charge on any atom is 0.262 e. The average molecular weight is 292 g/mol. The predicted octanol–water partition coefficient (Wildman–Crippen LogP) is 2.48. The van der Waals surface area contributed by atoms with Gasteiger partial charge in [0.05, 0.1) is 11.3 Å². The zero-order valence-electron chi connectivity index (χ0n) is 13.2. The van der Waals surface area contributed by atoms with Crippen LogP contribution in [0.15, 0.2) is 18.2 Å². The van der Waals surface area contributed by atoms with Gasteiger partial charge in [0.2, 0.25) is 0 Å². The van der Waals surface area contributed by atoms with E-state index >= 15 is 0 Å². The summed E-state index contributed by atoms with van der Waals surface area (Å²) in [5.74, 6) is 0.609. The van der Waals surface area contributed by atoms with Gasteiger partial charge in [-0.15, -0.1) is 0 Å². The molecule has 2 N–H and O–H groups in total. The molecule has 1 aliphatic heterocycles. The van der Waals surface area contributed by atoms with Crippen molar-refractivity contribution in [1.29, 1.82) is 0 Å². The van der Waals surface area contributed by atoms with Crippen molar-refractivity contribution < 1.29 is 14.3 Å². The van der Waals surface area contributed by atoms with Gasteiger partial charge in [-0.05, 0) is 45.4 Å². The number of hydrogen-bond donors (Lipinski definition) is 2. The van der Waals surface area contributed by atoms with E-state index in [2.05, 4.69) is 31.4 Å². The van der Waals surface area contributed by atoms with Crippen LogP contribution in [0.25, 0.3) is 0 Å². The summed E-state index contributed by atoms with van der Waals surface area (Å²) in [5.41, 5.74) is 1.64. The van der Waals surface area contributed by atoms with Crippen LogP contribution in [-0.4, -0.2) is 31.3 Å². The zero-order chi connectivity index (χ0) is 15.5. The Kier molecular flexibility index (Phi) is 4.85. The molecule has 0 aromatic heterocycles. The Morgan fingerprint density at radius 1 is 1.48 bits per heavy atom. The highest BCUT2D eigenvalue weighted by molar-refractivity contribution is 5.95. The molecule has 1 amide bonds. The van der Waals surface area contributed by atoms with Gasteiger partial charge in [0.1, 0.15) is 5.75 Å². The number of carbonyl (C=O) groups excluding carboxylic acids is 1. The number of hydrogen-bond acceptors (Lipinski definition) is 4. The normalized spacial score (nSPS) is 15.9. The van der Waals surface area contributed by atoms with Crippen molar-refractivity contribution in [2.24, 2.45) is 0 Å². The lowest BCUT2D eigenvalue weighted by Crippen LogP contribution is -2.38. The smallest absolute Gasteiger partial charge is 0.262 e. The fourth-order valence-electron chi connectivity index (χ4n) is 2.33. The van der Waals surface area contributed by atoms with Gasteiger partial charge in [-0.1, -0.05) is 6.07 Å². The van der Waals surface area contributed by atoms with Gasteiger partial charge >= 0.3 is 0 Å². The van der Waals surface area contributed by atoms with Gasteiger partial charge in [0.15, 0.2) is 6.61 Å². The first kappa shape index (κ1) is 15.8.